The van der Waals surface area contributed by atoms with Crippen LogP contribution in [-0.4, -0.2) is 30.7 Å². The van der Waals surface area contributed by atoms with Crippen LogP contribution in [0.1, 0.15) is 47.1 Å². The molecule has 0 aliphatic carbocycles. The number of rotatable bonds is 13. The molecule has 0 aliphatic rings. The summed E-state index contributed by atoms with van der Waals surface area (Å²) in [5, 5.41) is 14.5. The van der Waals surface area contributed by atoms with Gasteiger partial charge in [0.25, 0.3) is 0 Å². The number of hydrogen-bond acceptors (Lipinski definition) is 5. The van der Waals surface area contributed by atoms with Gasteiger partial charge in [0.05, 0.1) is 18.8 Å². The molecule has 2 aromatic carbocycles. The average Bonchev–Trinajstić information content (AvgIpc) is 2.96. The zero-order chi connectivity index (χ0) is 28.3. The third-order valence-electron chi connectivity index (χ3n) is 4.00. The van der Waals surface area contributed by atoms with Crippen molar-refractivity contribution in [1.29, 1.82) is 0 Å². The Morgan fingerprint density at radius 3 is 2.14 bits per heavy atom. The van der Waals surface area contributed by atoms with Gasteiger partial charge in [0.2, 0.25) is 5.91 Å². The van der Waals surface area contributed by atoms with E-state index >= 15 is 0 Å². The fourth-order valence-corrected chi connectivity index (χ4v) is 2.54. The first-order valence-electron chi connectivity index (χ1n) is 12.9. The molecule has 0 fully saturated rings. The number of anilines is 1. The van der Waals surface area contributed by atoms with Crippen LogP contribution in [0, 0.1) is 0 Å². The van der Waals surface area contributed by atoms with Crippen molar-refractivity contribution in [3.63, 3.8) is 0 Å². The Bertz CT molecular complexity index is 922. The predicted octanol–water partition coefficient (Wildman–Crippen LogP) is 7.02. The Kier molecular flexibility index (Phi) is 24.5. The van der Waals surface area contributed by atoms with E-state index in [4.69, 9.17) is 14.6 Å². The van der Waals surface area contributed by atoms with E-state index in [9.17, 15) is 4.79 Å². The first-order chi connectivity index (χ1) is 18.2. The van der Waals surface area contributed by atoms with Gasteiger partial charge >= 0.3 is 0 Å². The molecule has 0 aromatic heterocycles. The number of ether oxygens (including phenoxy) is 2. The molecule has 0 saturated heterocycles. The number of carbonyl (C=O) groups excluding carboxylic acids is 1. The van der Waals surface area contributed by atoms with Crippen molar-refractivity contribution < 1.29 is 19.4 Å². The van der Waals surface area contributed by atoms with E-state index in [2.05, 4.69) is 23.8 Å². The van der Waals surface area contributed by atoms with Crippen LogP contribution in [0.15, 0.2) is 104 Å². The van der Waals surface area contributed by atoms with Crippen LogP contribution >= 0.6 is 0 Å². The van der Waals surface area contributed by atoms with E-state index in [1.807, 2.05) is 77.9 Å². The minimum atomic E-state index is -0.249. The highest BCUT2D eigenvalue weighted by Gasteiger charge is 2.12. The maximum absolute atomic E-state index is 12.2. The molecule has 3 N–H and O–H groups in total. The SMILES string of the molecule is C=C/C=C\C(Oc1ccccc1NC(=O)CNCCO)=C(/C=C)OCc1ccccc1.CC.CC.CC. The number of aliphatic hydroxyl groups is 1. The van der Waals surface area contributed by atoms with Gasteiger partial charge in [-0.15, -0.1) is 0 Å². The number of allylic oxidation sites excluding steroid dienone is 4. The molecule has 2 rings (SSSR count). The van der Waals surface area contributed by atoms with Crippen LogP contribution in [0.5, 0.6) is 5.75 Å². The number of benzene rings is 2. The Labute approximate surface area is 224 Å². The van der Waals surface area contributed by atoms with Crippen LogP contribution in [-0.2, 0) is 16.1 Å². The number of nitrogens with one attached hydrogen (secondary N) is 2. The summed E-state index contributed by atoms with van der Waals surface area (Å²) in [6.45, 7) is 20.3. The molecular weight excluding hydrogens is 464 g/mol. The minimum Gasteiger partial charge on any atom is -0.485 e. The fraction of sp³-hybridized carbons (Fsp3) is 0.323. The molecule has 1 amide bonds. The summed E-state index contributed by atoms with van der Waals surface area (Å²) in [6, 6.07) is 16.9. The first-order valence-corrected chi connectivity index (χ1v) is 12.9. The van der Waals surface area contributed by atoms with Crippen LogP contribution in [0.2, 0.25) is 0 Å². The largest absolute Gasteiger partial charge is 0.485 e. The van der Waals surface area contributed by atoms with Crippen molar-refractivity contribution in [3.8, 4) is 5.75 Å². The summed E-state index contributed by atoms with van der Waals surface area (Å²) in [7, 11) is 0. The molecule has 0 saturated carbocycles. The number of carbonyl (C=O) groups is 1. The highest BCUT2D eigenvalue weighted by Crippen LogP contribution is 2.27. The normalized spacial score (nSPS) is 10.1. The summed E-state index contributed by atoms with van der Waals surface area (Å²) in [5.41, 5.74) is 1.52. The number of para-hydroxylation sites is 2. The van der Waals surface area contributed by atoms with Crippen molar-refractivity contribution in [2.45, 2.75) is 48.1 Å². The van der Waals surface area contributed by atoms with Crippen LogP contribution in [0.25, 0.3) is 0 Å². The zero-order valence-corrected chi connectivity index (χ0v) is 23.4. The van der Waals surface area contributed by atoms with Gasteiger partial charge in [-0.2, -0.15) is 0 Å². The van der Waals surface area contributed by atoms with E-state index in [1.165, 1.54) is 0 Å². The van der Waals surface area contributed by atoms with Gasteiger partial charge in [-0.1, -0.05) is 109 Å². The fourth-order valence-electron chi connectivity index (χ4n) is 2.54. The lowest BCUT2D eigenvalue weighted by atomic mass is 10.2. The lowest BCUT2D eigenvalue weighted by Gasteiger charge is -2.16. The molecule has 2 aromatic rings. The maximum Gasteiger partial charge on any atom is 0.238 e. The summed E-state index contributed by atoms with van der Waals surface area (Å²) in [6.07, 6.45) is 6.65. The molecular formula is C31H46N2O4. The standard InChI is InChI=1S/C25H28N2O4.3C2H6/c1-3-5-14-24(22(4-2)30-19-20-11-7-6-8-12-20)31-23-15-10-9-13-21(23)27-25(29)18-26-16-17-28;3*1-2/h3-15,26,28H,1-2,16-19H2,(H,27,29);3*1-2H3/b14-5-,24-22-;;;. The molecule has 0 aliphatic heterocycles. The number of hydrogen-bond donors (Lipinski definition) is 3. The van der Waals surface area contributed by atoms with E-state index in [1.54, 1.807) is 42.5 Å². The molecule has 0 heterocycles. The monoisotopic (exact) mass is 510 g/mol. The second-order valence-corrected chi connectivity index (χ2v) is 6.35. The Morgan fingerprint density at radius 2 is 1.54 bits per heavy atom. The van der Waals surface area contributed by atoms with Crippen molar-refractivity contribution in [2.24, 2.45) is 0 Å². The van der Waals surface area contributed by atoms with Crippen LogP contribution in [0.3, 0.4) is 0 Å². The molecule has 37 heavy (non-hydrogen) atoms. The van der Waals surface area contributed by atoms with Crippen molar-refractivity contribution >= 4 is 11.6 Å². The highest BCUT2D eigenvalue weighted by atomic mass is 16.5. The summed E-state index contributed by atoms with van der Waals surface area (Å²) in [5.74, 6) is 1.07. The van der Waals surface area contributed by atoms with Crippen LogP contribution < -0.4 is 15.4 Å². The van der Waals surface area contributed by atoms with Gasteiger partial charge < -0.3 is 25.2 Å². The quantitative estimate of drug-likeness (QED) is 0.153. The molecule has 0 spiro atoms. The third kappa shape index (κ3) is 15.9. The maximum atomic E-state index is 12.2. The molecule has 0 bridgehead atoms. The second kappa shape index (κ2) is 25.5. The molecule has 0 radical (unpaired) electrons. The van der Waals surface area contributed by atoms with Gasteiger partial charge in [-0.3, -0.25) is 4.79 Å². The number of amides is 1. The molecule has 0 atom stereocenters. The number of aliphatic hydroxyl groups excluding tert-OH is 1. The van der Waals surface area contributed by atoms with Crippen LogP contribution in [0.4, 0.5) is 5.69 Å². The van der Waals surface area contributed by atoms with E-state index in [0.717, 1.165) is 5.56 Å². The second-order valence-electron chi connectivity index (χ2n) is 6.35. The van der Waals surface area contributed by atoms with Crippen molar-refractivity contribution in [1.82, 2.24) is 5.32 Å². The summed E-state index contributed by atoms with van der Waals surface area (Å²) >= 11 is 0. The molecule has 204 valence electrons. The lowest BCUT2D eigenvalue weighted by molar-refractivity contribution is -0.115. The Balaban J connectivity index is 0. The molecule has 6 heteroatoms. The minimum absolute atomic E-state index is 0.0376. The third-order valence-corrected chi connectivity index (χ3v) is 4.00. The predicted molar refractivity (Wildman–Crippen MR) is 157 cm³/mol. The first kappa shape index (κ1) is 35.6. The van der Waals surface area contributed by atoms with Crippen molar-refractivity contribution in [2.75, 3.05) is 25.0 Å². The van der Waals surface area contributed by atoms with Crippen molar-refractivity contribution in [3.05, 3.63) is 109 Å². The topological polar surface area (TPSA) is 79.8 Å². The van der Waals surface area contributed by atoms with E-state index < -0.39 is 0 Å². The highest BCUT2D eigenvalue weighted by molar-refractivity contribution is 5.93. The summed E-state index contributed by atoms with van der Waals surface area (Å²) < 4.78 is 12.0. The van der Waals surface area contributed by atoms with Gasteiger partial charge in [0.15, 0.2) is 17.3 Å². The van der Waals surface area contributed by atoms with Gasteiger partial charge in [-0.25, -0.2) is 0 Å². The van der Waals surface area contributed by atoms with E-state index in [0.29, 0.717) is 36.1 Å². The average molecular weight is 511 g/mol. The van der Waals surface area contributed by atoms with Gasteiger partial charge in [-0.05, 0) is 29.8 Å². The molecule has 0 unspecified atom stereocenters. The van der Waals surface area contributed by atoms with Gasteiger partial charge in [0, 0.05) is 6.54 Å². The van der Waals surface area contributed by atoms with Gasteiger partial charge in [0.1, 0.15) is 6.61 Å². The van der Waals surface area contributed by atoms with E-state index in [-0.39, 0.29) is 19.1 Å². The zero-order valence-electron chi connectivity index (χ0n) is 23.4. The summed E-state index contributed by atoms with van der Waals surface area (Å²) in [4.78, 5) is 12.2. The lowest BCUT2D eigenvalue weighted by Crippen LogP contribution is -2.30. The Morgan fingerprint density at radius 1 is 0.919 bits per heavy atom. The molecule has 6 nitrogen and oxygen atoms in total. The smallest absolute Gasteiger partial charge is 0.238 e. The Hall–Kier alpha value is -3.61.